The first-order chi connectivity index (χ1) is 11.1. The zero-order valence-electron chi connectivity index (χ0n) is 12.6. The summed E-state index contributed by atoms with van der Waals surface area (Å²) in [5.74, 6) is -0.250. The third kappa shape index (κ3) is 3.77. The number of piperidine rings is 1. The number of halogens is 2. The Morgan fingerprint density at radius 2 is 1.87 bits per heavy atom. The number of pyridine rings is 1. The maximum absolute atomic E-state index is 12.4. The molecule has 2 aromatic rings. The van der Waals surface area contributed by atoms with Gasteiger partial charge in [-0.25, -0.2) is 4.98 Å². The highest BCUT2D eigenvalue weighted by molar-refractivity contribution is 6.41. The lowest BCUT2D eigenvalue weighted by Crippen LogP contribution is -2.30. The van der Waals surface area contributed by atoms with Gasteiger partial charge in [0.1, 0.15) is 5.15 Å². The zero-order valence-corrected chi connectivity index (χ0v) is 14.1. The van der Waals surface area contributed by atoms with Crippen LogP contribution in [0.1, 0.15) is 29.6 Å². The first kappa shape index (κ1) is 16.1. The molecule has 0 spiro atoms. The normalized spacial score (nSPS) is 14.6. The number of carbonyl (C=O) groups is 1. The molecule has 4 nitrogen and oxygen atoms in total. The number of benzene rings is 1. The summed E-state index contributed by atoms with van der Waals surface area (Å²) >= 11 is 11.7. The maximum Gasteiger partial charge on any atom is 0.257 e. The number of rotatable bonds is 3. The Morgan fingerprint density at radius 1 is 1.13 bits per heavy atom. The van der Waals surface area contributed by atoms with E-state index in [9.17, 15) is 4.79 Å². The highest BCUT2D eigenvalue weighted by atomic mass is 35.5. The Bertz CT molecular complexity index is 715. The summed E-state index contributed by atoms with van der Waals surface area (Å²) in [7, 11) is 0. The van der Waals surface area contributed by atoms with Gasteiger partial charge in [0.25, 0.3) is 5.91 Å². The monoisotopic (exact) mass is 349 g/mol. The Balaban J connectivity index is 1.82. The van der Waals surface area contributed by atoms with Crippen molar-refractivity contribution < 1.29 is 4.79 Å². The third-order valence-electron chi connectivity index (χ3n) is 3.91. The second-order valence-corrected chi connectivity index (χ2v) is 6.28. The van der Waals surface area contributed by atoms with E-state index in [2.05, 4.69) is 15.2 Å². The summed E-state index contributed by atoms with van der Waals surface area (Å²) < 4.78 is 0. The van der Waals surface area contributed by atoms with Crippen molar-refractivity contribution in [2.75, 3.05) is 23.3 Å². The van der Waals surface area contributed by atoms with Crippen LogP contribution in [-0.2, 0) is 0 Å². The van der Waals surface area contributed by atoms with Crippen LogP contribution in [0.4, 0.5) is 11.4 Å². The van der Waals surface area contributed by atoms with Crippen LogP contribution < -0.4 is 10.2 Å². The highest BCUT2D eigenvalue weighted by Gasteiger charge is 2.16. The Morgan fingerprint density at radius 3 is 2.61 bits per heavy atom. The van der Waals surface area contributed by atoms with Crippen molar-refractivity contribution in [3.05, 3.63) is 52.3 Å². The Kier molecular flexibility index (Phi) is 5.03. The van der Waals surface area contributed by atoms with Crippen LogP contribution in [0.25, 0.3) is 0 Å². The molecule has 0 saturated carbocycles. The minimum atomic E-state index is -0.250. The molecule has 0 unspecified atom stereocenters. The predicted molar refractivity (Wildman–Crippen MR) is 94.7 cm³/mol. The van der Waals surface area contributed by atoms with Gasteiger partial charge >= 0.3 is 0 Å². The molecule has 0 atom stereocenters. The van der Waals surface area contributed by atoms with Crippen LogP contribution in [0.15, 0.2) is 36.5 Å². The Hall–Kier alpha value is -1.78. The fourth-order valence-corrected chi connectivity index (χ4v) is 3.00. The molecule has 1 N–H and O–H groups in total. The number of carbonyl (C=O) groups excluding carboxylic acids is 1. The van der Waals surface area contributed by atoms with Crippen molar-refractivity contribution >= 4 is 40.5 Å². The van der Waals surface area contributed by atoms with Crippen LogP contribution in [-0.4, -0.2) is 24.0 Å². The minimum absolute atomic E-state index is 0.192. The number of nitrogens with one attached hydrogen (secondary N) is 1. The van der Waals surface area contributed by atoms with Crippen LogP contribution in [0.3, 0.4) is 0 Å². The fourth-order valence-electron chi connectivity index (χ4n) is 2.73. The highest BCUT2D eigenvalue weighted by Crippen LogP contribution is 2.29. The summed E-state index contributed by atoms with van der Waals surface area (Å²) in [5, 5.41) is 3.41. The second kappa shape index (κ2) is 7.20. The van der Waals surface area contributed by atoms with Crippen molar-refractivity contribution in [2.45, 2.75) is 19.3 Å². The predicted octanol–water partition coefficient (Wildman–Crippen LogP) is 4.63. The number of amides is 1. The molecule has 23 heavy (non-hydrogen) atoms. The van der Waals surface area contributed by atoms with Crippen molar-refractivity contribution in [2.24, 2.45) is 0 Å². The van der Waals surface area contributed by atoms with Gasteiger partial charge in [-0.15, -0.1) is 0 Å². The van der Waals surface area contributed by atoms with Crippen LogP contribution >= 0.6 is 23.2 Å². The molecule has 1 amide bonds. The molecule has 0 radical (unpaired) electrons. The van der Waals surface area contributed by atoms with E-state index >= 15 is 0 Å². The summed E-state index contributed by atoms with van der Waals surface area (Å²) in [5.41, 5.74) is 2.23. The number of anilines is 2. The summed E-state index contributed by atoms with van der Waals surface area (Å²) in [4.78, 5) is 18.7. The lowest BCUT2D eigenvalue weighted by atomic mass is 10.1. The molecular formula is C17H17Cl2N3O. The van der Waals surface area contributed by atoms with Gasteiger partial charge in [0.15, 0.2) is 0 Å². The first-order valence-electron chi connectivity index (χ1n) is 7.61. The molecule has 1 aromatic carbocycles. The van der Waals surface area contributed by atoms with Crippen LogP contribution in [0.5, 0.6) is 0 Å². The van der Waals surface area contributed by atoms with E-state index in [1.165, 1.54) is 31.5 Å². The molecule has 1 aliphatic heterocycles. The molecule has 1 aromatic heterocycles. The molecule has 1 saturated heterocycles. The minimum Gasteiger partial charge on any atom is -0.370 e. The fraction of sp³-hybridized carbons (Fsp3) is 0.294. The van der Waals surface area contributed by atoms with E-state index in [4.69, 9.17) is 23.2 Å². The average molecular weight is 350 g/mol. The third-order valence-corrected chi connectivity index (χ3v) is 4.59. The quantitative estimate of drug-likeness (QED) is 0.821. The van der Waals surface area contributed by atoms with E-state index < -0.39 is 0 Å². The zero-order chi connectivity index (χ0) is 16.2. The SMILES string of the molecule is O=C(Nc1ccccc1N1CCCCC1)c1cnc(Cl)c(Cl)c1. The molecule has 120 valence electrons. The van der Waals surface area contributed by atoms with Gasteiger partial charge < -0.3 is 10.2 Å². The second-order valence-electron chi connectivity index (χ2n) is 5.52. The summed E-state index contributed by atoms with van der Waals surface area (Å²) in [6.07, 6.45) is 5.05. The van der Waals surface area contributed by atoms with E-state index in [1.807, 2.05) is 24.3 Å². The van der Waals surface area contributed by atoms with Gasteiger partial charge in [-0.3, -0.25) is 4.79 Å². The van der Waals surface area contributed by atoms with Gasteiger partial charge in [0.05, 0.1) is 22.0 Å². The molecule has 1 fully saturated rings. The standard InChI is InChI=1S/C17H17Cl2N3O/c18-13-10-12(11-20-16(13)19)17(23)21-14-6-2-3-7-15(14)22-8-4-1-5-9-22/h2-3,6-7,10-11H,1,4-5,8-9H2,(H,21,23). The molecule has 0 bridgehead atoms. The number of nitrogens with zero attached hydrogens (tertiary/aromatic N) is 2. The lowest BCUT2D eigenvalue weighted by Gasteiger charge is -2.30. The van der Waals surface area contributed by atoms with Crippen molar-refractivity contribution in [3.8, 4) is 0 Å². The van der Waals surface area contributed by atoms with Crippen molar-refractivity contribution in [3.63, 3.8) is 0 Å². The number of aromatic nitrogens is 1. The molecule has 0 aliphatic carbocycles. The number of hydrogen-bond donors (Lipinski definition) is 1. The van der Waals surface area contributed by atoms with E-state index in [1.54, 1.807) is 0 Å². The van der Waals surface area contributed by atoms with Crippen molar-refractivity contribution in [1.29, 1.82) is 0 Å². The van der Waals surface area contributed by atoms with Gasteiger partial charge in [0, 0.05) is 19.3 Å². The van der Waals surface area contributed by atoms with Crippen molar-refractivity contribution in [1.82, 2.24) is 4.98 Å². The number of hydrogen-bond acceptors (Lipinski definition) is 3. The topological polar surface area (TPSA) is 45.2 Å². The lowest BCUT2D eigenvalue weighted by molar-refractivity contribution is 0.102. The summed E-state index contributed by atoms with van der Waals surface area (Å²) in [6, 6.07) is 9.37. The van der Waals surface area contributed by atoms with E-state index in [0.717, 1.165) is 24.5 Å². The molecule has 6 heteroatoms. The molecule has 1 aliphatic rings. The maximum atomic E-state index is 12.4. The van der Waals surface area contributed by atoms with E-state index in [-0.39, 0.29) is 16.1 Å². The smallest absolute Gasteiger partial charge is 0.257 e. The van der Waals surface area contributed by atoms with Gasteiger partial charge in [-0.05, 0) is 37.5 Å². The summed E-state index contributed by atoms with van der Waals surface area (Å²) in [6.45, 7) is 2.03. The van der Waals surface area contributed by atoms with Gasteiger partial charge in [0.2, 0.25) is 0 Å². The molecule has 3 rings (SSSR count). The molecule has 2 heterocycles. The van der Waals surface area contributed by atoms with Gasteiger partial charge in [-0.1, -0.05) is 35.3 Å². The first-order valence-corrected chi connectivity index (χ1v) is 8.37. The Labute approximate surface area is 145 Å². The van der Waals surface area contributed by atoms with Crippen LogP contribution in [0, 0.1) is 0 Å². The van der Waals surface area contributed by atoms with Gasteiger partial charge in [-0.2, -0.15) is 0 Å². The molecular weight excluding hydrogens is 333 g/mol. The van der Waals surface area contributed by atoms with E-state index in [0.29, 0.717) is 5.56 Å². The average Bonchev–Trinajstić information content (AvgIpc) is 2.58. The largest absolute Gasteiger partial charge is 0.370 e. The van der Waals surface area contributed by atoms with Crippen LogP contribution in [0.2, 0.25) is 10.2 Å². The number of para-hydroxylation sites is 2.